The van der Waals surface area contributed by atoms with Crippen molar-refractivity contribution in [3.8, 4) is 11.4 Å². The van der Waals surface area contributed by atoms with Crippen LogP contribution in [0.15, 0.2) is 60.7 Å². The molecule has 50 heavy (non-hydrogen) atoms. The molecule has 1 aliphatic heterocycles. The Bertz CT molecular complexity index is 1680. The van der Waals surface area contributed by atoms with Gasteiger partial charge in [-0.15, -0.1) is 0 Å². The molecule has 2 aromatic carbocycles. The summed E-state index contributed by atoms with van der Waals surface area (Å²) in [6.07, 6.45) is 0.575. The van der Waals surface area contributed by atoms with Crippen LogP contribution < -0.4 is 26.6 Å². The Balaban J connectivity index is 1.55. The van der Waals surface area contributed by atoms with Crippen molar-refractivity contribution < 1.29 is 28.8 Å². The van der Waals surface area contributed by atoms with E-state index in [4.69, 9.17) is 0 Å². The number of carbonyl (C=O) groups is 6. The maximum absolute atomic E-state index is 13.7. The Morgan fingerprint density at radius 3 is 2.24 bits per heavy atom. The maximum Gasteiger partial charge on any atom is 0.272 e. The number of amides is 6. The summed E-state index contributed by atoms with van der Waals surface area (Å²) in [4.78, 5) is 89.1. The third-order valence-corrected chi connectivity index (χ3v) is 8.41. The molecule has 4 rings (SSSR count). The van der Waals surface area contributed by atoms with E-state index >= 15 is 0 Å². The zero-order valence-electron chi connectivity index (χ0n) is 29.0. The lowest BCUT2D eigenvalue weighted by Crippen LogP contribution is -2.59. The minimum atomic E-state index is -1.09. The summed E-state index contributed by atoms with van der Waals surface area (Å²) in [7, 11) is 1.47. The van der Waals surface area contributed by atoms with Gasteiger partial charge in [0.15, 0.2) is 0 Å². The average molecular weight is 687 g/mol. The largest absolute Gasteiger partial charge is 0.355 e. The lowest BCUT2D eigenvalue weighted by atomic mass is 10.0. The van der Waals surface area contributed by atoms with E-state index in [9.17, 15) is 28.8 Å². The number of rotatable bonds is 6. The van der Waals surface area contributed by atoms with Crippen LogP contribution in [0.5, 0.6) is 0 Å². The fourth-order valence-corrected chi connectivity index (χ4v) is 5.56. The third kappa shape index (κ3) is 10.00. The number of hydrogen-bond acceptors (Lipinski definition) is 7. The fraction of sp³-hybridized carbons (Fsp3) is 0.417. The van der Waals surface area contributed by atoms with Crippen LogP contribution in [0.2, 0.25) is 0 Å². The lowest BCUT2D eigenvalue weighted by Gasteiger charge is -2.28. The van der Waals surface area contributed by atoms with Gasteiger partial charge in [0.2, 0.25) is 29.5 Å². The summed E-state index contributed by atoms with van der Waals surface area (Å²) in [5.41, 5.74) is 2.20. The Hall–Kier alpha value is -5.53. The first-order chi connectivity index (χ1) is 23.8. The summed E-state index contributed by atoms with van der Waals surface area (Å²) in [5, 5.41) is 13.6. The summed E-state index contributed by atoms with van der Waals surface area (Å²) >= 11 is 0. The molecule has 0 aliphatic carbocycles. The number of imidazole rings is 1. The van der Waals surface area contributed by atoms with Crippen LogP contribution in [0.4, 0.5) is 0 Å². The topological polar surface area (TPSA) is 194 Å². The smallest absolute Gasteiger partial charge is 0.272 e. The van der Waals surface area contributed by atoms with Crippen LogP contribution in [0.3, 0.4) is 0 Å². The molecule has 1 fully saturated rings. The van der Waals surface area contributed by atoms with E-state index in [0.29, 0.717) is 17.9 Å². The van der Waals surface area contributed by atoms with Crippen molar-refractivity contribution in [2.75, 3.05) is 20.1 Å². The number of likely N-dealkylation sites (N-methyl/N-ethyl adjacent to an activating group) is 1. The normalized spacial score (nSPS) is 21.7. The highest BCUT2D eigenvalue weighted by molar-refractivity contribution is 5.99. The van der Waals surface area contributed by atoms with Gasteiger partial charge in [-0.25, -0.2) is 4.98 Å². The molecular weight excluding hydrogens is 640 g/mol. The molecule has 0 unspecified atom stereocenters. The predicted octanol–water partition coefficient (Wildman–Crippen LogP) is 1.22. The van der Waals surface area contributed by atoms with Gasteiger partial charge in [0, 0.05) is 31.3 Å². The van der Waals surface area contributed by atoms with Crippen molar-refractivity contribution >= 4 is 35.4 Å². The second-order valence-electron chi connectivity index (χ2n) is 12.8. The van der Waals surface area contributed by atoms with Crippen molar-refractivity contribution in [2.45, 2.75) is 71.1 Å². The molecule has 266 valence electrons. The second kappa shape index (κ2) is 17.2. The molecular formula is C36H46N8O6. The second-order valence-corrected chi connectivity index (χ2v) is 12.8. The van der Waals surface area contributed by atoms with Crippen LogP contribution in [0, 0.1) is 12.8 Å². The van der Waals surface area contributed by atoms with Gasteiger partial charge in [0.1, 0.15) is 35.7 Å². The number of aromatic amines is 1. The molecule has 0 radical (unpaired) electrons. The number of aryl methyl sites for hydroxylation is 1. The number of H-pyrrole nitrogens is 1. The van der Waals surface area contributed by atoms with Crippen LogP contribution in [-0.4, -0.2) is 94.6 Å². The molecule has 0 bridgehead atoms. The molecule has 6 amide bonds. The molecule has 4 atom stereocenters. The van der Waals surface area contributed by atoms with Gasteiger partial charge in [-0.2, -0.15) is 0 Å². The van der Waals surface area contributed by atoms with E-state index < -0.39 is 65.5 Å². The molecule has 1 aliphatic rings. The van der Waals surface area contributed by atoms with Gasteiger partial charge in [0.05, 0.1) is 6.54 Å². The van der Waals surface area contributed by atoms with Crippen molar-refractivity contribution in [2.24, 2.45) is 5.92 Å². The lowest BCUT2D eigenvalue weighted by molar-refractivity contribution is -0.139. The van der Waals surface area contributed by atoms with Gasteiger partial charge in [0.25, 0.3) is 5.91 Å². The minimum Gasteiger partial charge on any atom is -0.355 e. The van der Waals surface area contributed by atoms with Crippen LogP contribution in [-0.2, 0) is 30.4 Å². The summed E-state index contributed by atoms with van der Waals surface area (Å²) in [5.74, 6) is -3.22. The minimum absolute atomic E-state index is 0.112. The SMILES string of the molecule is Cc1[nH]c(-c2ccccc2)nc1C(=O)N[C@H]1CCCNC(=O)CN(C)C(=O)[C@H](Cc2ccccc2)NC(=O)[C@@H](C)NC(=O)[C@@H](C(C)C)NC1=O. The van der Waals surface area contributed by atoms with Crippen molar-refractivity contribution in [1.82, 2.24) is 41.5 Å². The number of aromatic nitrogens is 2. The molecule has 6 N–H and O–H groups in total. The van der Waals surface area contributed by atoms with Crippen LogP contribution >= 0.6 is 0 Å². The van der Waals surface area contributed by atoms with E-state index in [0.717, 1.165) is 11.1 Å². The zero-order chi connectivity index (χ0) is 36.4. The highest BCUT2D eigenvalue weighted by atomic mass is 16.2. The summed E-state index contributed by atoms with van der Waals surface area (Å²) in [6, 6.07) is 14.2. The quantitative estimate of drug-likeness (QED) is 0.224. The first-order valence-corrected chi connectivity index (χ1v) is 16.7. The van der Waals surface area contributed by atoms with Crippen molar-refractivity contribution in [1.29, 1.82) is 0 Å². The Morgan fingerprint density at radius 1 is 0.920 bits per heavy atom. The number of carbonyl (C=O) groups excluding carboxylic acids is 6. The Kier molecular flexibility index (Phi) is 12.8. The molecule has 1 saturated heterocycles. The number of nitrogens with one attached hydrogen (secondary N) is 6. The van der Waals surface area contributed by atoms with E-state index in [1.807, 2.05) is 60.7 Å². The van der Waals surface area contributed by atoms with E-state index in [1.54, 1.807) is 20.8 Å². The van der Waals surface area contributed by atoms with Crippen LogP contribution in [0.25, 0.3) is 11.4 Å². The average Bonchev–Trinajstić information content (AvgIpc) is 3.49. The van der Waals surface area contributed by atoms with Gasteiger partial charge in [-0.3, -0.25) is 28.8 Å². The van der Waals surface area contributed by atoms with E-state index in [2.05, 4.69) is 36.6 Å². The van der Waals surface area contributed by atoms with Gasteiger partial charge >= 0.3 is 0 Å². The van der Waals surface area contributed by atoms with E-state index in [-0.39, 0.29) is 31.6 Å². The maximum atomic E-state index is 13.7. The zero-order valence-corrected chi connectivity index (χ0v) is 29.0. The molecule has 14 heteroatoms. The molecule has 3 aromatic rings. The summed E-state index contributed by atoms with van der Waals surface area (Å²) in [6.45, 7) is 6.54. The van der Waals surface area contributed by atoms with E-state index in [1.165, 1.54) is 18.9 Å². The molecule has 0 saturated carbocycles. The molecule has 1 aromatic heterocycles. The van der Waals surface area contributed by atoms with Crippen molar-refractivity contribution in [3.63, 3.8) is 0 Å². The summed E-state index contributed by atoms with van der Waals surface area (Å²) < 4.78 is 0. The molecule has 14 nitrogen and oxygen atoms in total. The van der Waals surface area contributed by atoms with Gasteiger partial charge in [-0.05, 0) is 38.2 Å². The highest BCUT2D eigenvalue weighted by Crippen LogP contribution is 2.18. The predicted molar refractivity (Wildman–Crippen MR) is 186 cm³/mol. The number of hydrogen-bond donors (Lipinski definition) is 6. The van der Waals surface area contributed by atoms with Gasteiger partial charge in [-0.1, -0.05) is 74.5 Å². The molecule has 2 heterocycles. The Labute approximate surface area is 291 Å². The molecule has 0 spiro atoms. The van der Waals surface area contributed by atoms with Crippen LogP contribution in [0.1, 0.15) is 55.4 Å². The first kappa shape index (κ1) is 37.3. The fourth-order valence-electron chi connectivity index (χ4n) is 5.56. The first-order valence-electron chi connectivity index (χ1n) is 16.7. The Morgan fingerprint density at radius 2 is 1.58 bits per heavy atom. The van der Waals surface area contributed by atoms with Crippen molar-refractivity contribution in [3.05, 3.63) is 77.6 Å². The number of nitrogens with zero attached hydrogens (tertiary/aromatic N) is 2. The standard InChI is InChI=1S/C36H46N8O6/c1-21(2)29-34(48)39-23(4)32(46)41-27(19-24-13-8-6-9-14-24)36(50)44(5)20-28(45)37-18-12-17-26(33(47)43-29)40-35(49)30-22(3)38-31(42-30)25-15-10-7-11-16-25/h6-11,13-16,21,23,26-27,29H,12,17-20H2,1-5H3,(H,37,45)(H,38,42)(H,39,48)(H,40,49)(H,41,46)(H,43,47)/t23-,26+,27+,29-/m1/s1. The van der Waals surface area contributed by atoms with Gasteiger partial charge < -0.3 is 36.5 Å². The number of benzene rings is 2. The monoisotopic (exact) mass is 686 g/mol. The third-order valence-electron chi connectivity index (χ3n) is 8.41. The highest BCUT2D eigenvalue weighted by Gasteiger charge is 2.33.